The zero-order valence-electron chi connectivity index (χ0n) is 13.1. The molecule has 116 valence electrons. The third kappa shape index (κ3) is 5.34. The first-order valence-electron chi connectivity index (χ1n) is 7.56. The maximum atomic E-state index is 12.2. The van der Waals surface area contributed by atoms with Gasteiger partial charge in [-0.25, -0.2) is 4.79 Å². The van der Waals surface area contributed by atoms with E-state index in [0.717, 1.165) is 30.4 Å². The lowest BCUT2D eigenvalue weighted by molar-refractivity contribution is 0.0166. The Kier molecular flexibility index (Phi) is 5.31. The van der Waals surface area contributed by atoms with Gasteiger partial charge in [0.1, 0.15) is 5.60 Å². The molecule has 1 unspecified atom stereocenters. The molecule has 4 heteroatoms. The van der Waals surface area contributed by atoms with Gasteiger partial charge in [0.05, 0.1) is 0 Å². The molecule has 1 amide bonds. The van der Waals surface area contributed by atoms with Crippen LogP contribution in [0.3, 0.4) is 0 Å². The molecule has 0 N–H and O–H groups in total. The fourth-order valence-corrected chi connectivity index (χ4v) is 2.94. The second kappa shape index (κ2) is 6.82. The number of carbonyl (C=O) groups is 1. The average Bonchev–Trinajstić information content (AvgIpc) is 2.40. The van der Waals surface area contributed by atoms with Crippen LogP contribution in [0.5, 0.6) is 0 Å². The SMILES string of the molecule is CC(C)(C)OC(=O)N1CCCC(Cc2ccc(Br)cc2)C1. The van der Waals surface area contributed by atoms with Crippen molar-refractivity contribution in [2.75, 3.05) is 13.1 Å². The molecule has 0 radical (unpaired) electrons. The van der Waals surface area contributed by atoms with Crippen molar-refractivity contribution in [3.05, 3.63) is 34.3 Å². The maximum Gasteiger partial charge on any atom is 0.410 e. The lowest BCUT2D eigenvalue weighted by Crippen LogP contribution is -2.43. The Morgan fingerprint density at radius 3 is 2.62 bits per heavy atom. The fraction of sp³-hybridized carbons (Fsp3) is 0.588. The molecule has 1 aliphatic heterocycles. The molecule has 1 fully saturated rings. The number of piperidine rings is 1. The Morgan fingerprint density at radius 2 is 2.00 bits per heavy atom. The highest BCUT2D eigenvalue weighted by Crippen LogP contribution is 2.23. The van der Waals surface area contributed by atoms with Gasteiger partial charge in [0, 0.05) is 17.6 Å². The van der Waals surface area contributed by atoms with Crippen LogP contribution < -0.4 is 0 Å². The predicted octanol–water partition coefficient (Wildman–Crippen LogP) is 4.64. The summed E-state index contributed by atoms with van der Waals surface area (Å²) in [4.78, 5) is 14.0. The number of amides is 1. The first kappa shape index (κ1) is 16.3. The van der Waals surface area contributed by atoms with Crippen molar-refractivity contribution in [3.8, 4) is 0 Å². The number of halogens is 1. The minimum absolute atomic E-state index is 0.178. The van der Waals surface area contributed by atoms with E-state index in [9.17, 15) is 4.79 Å². The molecule has 0 saturated carbocycles. The van der Waals surface area contributed by atoms with E-state index in [1.54, 1.807) is 0 Å². The topological polar surface area (TPSA) is 29.5 Å². The number of likely N-dealkylation sites (tertiary alicyclic amines) is 1. The Labute approximate surface area is 135 Å². The van der Waals surface area contributed by atoms with E-state index in [2.05, 4.69) is 40.2 Å². The highest BCUT2D eigenvalue weighted by molar-refractivity contribution is 9.10. The summed E-state index contributed by atoms with van der Waals surface area (Å²) in [6, 6.07) is 8.45. The quantitative estimate of drug-likeness (QED) is 0.774. The maximum absolute atomic E-state index is 12.2. The molecule has 21 heavy (non-hydrogen) atoms. The third-order valence-corrected chi connectivity index (χ3v) is 4.14. The van der Waals surface area contributed by atoms with Gasteiger partial charge in [0.2, 0.25) is 0 Å². The number of ether oxygens (including phenoxy) is 1. The van der Waals surface area contributed by atoms with E-state index in [4.69, 9.17) is 4.74 Å². The van der Waals surface area contributed by atoms with Crippen molar-refractivity contribution < 1.29 is 9.53 Å². The van der Waals surface area contributed by atoms with Crippen molar-refractivity contribution in [2.24, 2.45) is 5.92 Å². The molecule has 0 bridgehead atoms. The molecule has 1 heterocycles. The van der Waals surface area contributed by atoms with Gasteiger partial charge in [-0.1, -0.05) is 28.1 Å². The van der Waals surface area contributed by atoms with Crippen molar-refractivity contribution in [1.29, 1.82) is 0 Å². The van der Waals surface area contributed by atoms with Crippen LogP contribution in [0.25, 0.3) is 0 Å². The first-order valence-corrected chi connectivity index (χ1v) is 8.35. The molecule has 1 aliphatic rings. The van der Waals surface area contributed by atoms with Crippen LogP contribution >= 0.6 is 15.9 Å². The smallest absolute Gasteiger partial charge is 0.410 e. The lowest BCUT2D eigenvalue weighted by atomic mass is 9.91. The van der Waals surface area contributed by atoms with Gasteiger partial charge < -0.3 is 9.64 Å². The van der Waals surface area contributed by atoms with E-state index in [-0.39, 0.29) is 6.09 Å². The van der Waals surface area contributed by atoms with Gasteiger partial charge in [-0.3, -0.25) is 0 Å². The normalized spacial score (nSPS) is 19.4. The van der Waals surface area contributed by atoms with Gasteiger partial charge in [0.25, 0.3) is 0 Å². The second-order valence-electron chi connectivity index (χ2n) is 6.77. The molecular formula is C17H24BrNO2. The van der Waals surface area contributed by atoms with Crippen molar-refractivity contribution in [3.63, 3.8) is 0 Å². The van der Waals surface area contributed by atoms with Gasteiger partial charge in [-0.15, -0.1) is 0 Å². The summed E-state index contributed by atoms with van der Waals surface area (Å²) in [7, 11) is 0. The Morgan fingerprint density at radius 1 is 1.33 bits per heavy atom. The molecule has 0 aliphatic carbocycles. The molecule has 0 aromatic heterocycles. The van der Waals surface area contributed by atoms with Crippen LogP contribution in [0.15, 0.2) is 28.7 Å². The van der Waals surface area contributed by atoms with Crippen LogP contribution in [-0.2, 0) is 11.2 Å². The molecule has 1 atom stereocenters. The fourth-order valence-electron chi connectivity index (χ4n) is 2.68. The van der Waals surface area contributed by atoms with E-state index in [1.165, 1.54) is 12.0 Å². The summed E-state index contributed by atoms with van der Waals surface area (Å²) in [5.41, 5.74) is 0.907. The largest absolute Gasteiger partial charge is 0.444 e. The van der Waals surface area contributed by atoms with Crippen molar-refractivity contribution in [1.82, 2.24) is 4.90 Å². The number of nitrogens with zero attached hydrogens (tertiary/aromatic N) is 1. The summed E-state index contributed by atoms with van der Waals surface area (Å²) in [6.45, 7) is 7.34. The predicted molar refractivity (Wildman–Crippen MR) is 88.4 cm³/mol. The summed E-state index contributed by atoms with van der Waals surface area (Å²) in [5.74, 6) is 0.521. The van der Waals surface area contributed by atoms with Gasteiger partial charge in [0.15, 0.2) is 0 Å². The zero-order chi connectivity index (χ0) is 15.5. The highest BCUT2D eigenvalue weighted by Gasteiger charge is 2.27. The molecule has 2 rings (SSSR count). The van der Waals surface area contributed by atoms with E-state index < -0.39 is 5.60 Å². The van der Waals surface area contributed by atoms with Crippen LogP contribution in [0.1, 0.15) is 39.2 Å². The highest BCUT2D eigenvalue weighted by atomic mass is 79.9. The van der Waals surface area contributed by atoms with Crippen LogP contribution in [-0.4, -0.2) is 29.7 Å². The van der Waals surface area contributed by atoms with E-state index in [0.29, 0.717) is 5.92 Å². The van der Waals surface area contributed by atoms with Gasteiger partial charge >= 0.3 is 6.09 Å². The number of carbonyl (C=O) groups excluding carboxylic acids is 1. The molecule has 1 saturated heterocycles. The lowest BCUT2D eigenvalue weighted by Gasteiger charge is -2.34. The monoisotopic (exact) mass is 353 g/mol. The second-order valence-corrected chi connectivity index (χ2v) is 7.68. The molecule has 0 spiro atoms. The molecule has 3 nitrogen and oxygen atoms in total. The Balaban J connectivity index is 1.91. The van der Waals surface area contributed by atoms with E-state index >= 15 is 0 Å². The third-order valence-electron chi connectivity index (χ3n) is 3.61. The van der Waals surface area contributed by atoms with Crippen molar-refractivity contribution >= 4 is 22.0 Å². The number of hydrogen-bond acceptors (Lipinski definition) is 2. The number of benzene rings is 1. The number of hydrogen-bond donors (Lipinski definition) is 0. The minimum atomic E-state index is -0.421. The summed E-state index contributed by atoms with van der Waals surface area (Å²) in [5, 5.41) is 0. The minimum Gasteiger partial charge on any atom is -0.444 e. The van der Waals surface area contributed by atoms with E-state index in [1.807, 2.05) is 25.7 Å². The zero-order valence-corrected chi connectivity index (χ0v) is 14.6. The summed E-state index contributed by atoms with van der Waals surface area (Å²) in [6.07, 6.45) is 3.07. The average molecular weight is 354 g/mol. The van der Waals surface area contributed by atoms with Crippen LogP contribution in [0, 0.1) is 5.92 Å². The van der Waals surface area contributed by atoms with Gasteiger partial charge in [-0.05, 0) is 63.6 Å². The van der Waals surface area contributed by atoms with Crippen LogP contribution in [0.4, 0.5) is 4.79 Å². The molecule has 1 aromatic rings. The van der Waals surface area contributed by atoms with Crippen LogP contribution in [0.2, 0.25) is 0 Å². The first-order chi connectivity index (χ1) is 9.83. The Bertz CT molecular complexity index is 479. The van der Waals surface area contributed by atoms with Gasteiger partial charge in [-0.2, -0.15) is 0 Å². The number of rotatable bonds is 2. The van der Waals surface area contributed by atoms with Crippen molar-refractivity contribution in [2.45, 2.75) is 45.6 Å². The standard InChI is InChI=1S/C17H24BrNO2/c1-17(2,3)21-16(20)19-10-4-5-14(12-19)11-13-6-8-15(18)9-7-13/h6-9,14H,4-5,10-12H2,1-3H3. The Hall–Kier alpha value is -1.03. The summed E-state index contributed by atoms with van der Waals surface area (Å²) >= 11 is 3.46. The summed E-state index contributed by atoms with van der Waals surface area (Å²) < 4.78 is 6.57. The molecular weight excluding hydrogens is 330 g/mol. The molecule has 1 aromatic carbocycles.